The van der Waals surface area contributed by atoms with Crippen molar-refractivity contribution in [3.8, 4) is 5.75 Å². The van der Waals surface area contributed by atoms with Crippen molar-refractivity contribution in [3.63, 3.8) is 0 Å². The molecule has 0 aliphatic rings. The van der Waals surface area contributed by atoms with Crippen molar-refractivity contribution >= 4 is 6.08 Å². The Balaban J connectivity index is 0.000000437. The van der Waals surface area contributed by atoms with Crippen LogP contribution in [0.3, 0.4) is 0 Å². The quantitative estimate of drug-likeness (QED) is 0.811. The number of benzene rings is 1. The first-order valence-electron chi connectivity index (χ1n) is 6.35. The van der Waals surface area contributed by atoms with Crippen molar-refractivity contribution < 1.29 is 4.74 Å². The second kappa shape index (κ2) is 11.2. The molecule has 0 heterocycles. The van der Waals surface area contributed by atoms with Crippen LogP contribution >= 0.6 is 0 Å². The summed E-state index contributed by atoms with van der Waals surface area (Å²) in [6.45, 7) is 13.0. The molecule has 1 aromatic carbocycles. The molecule has 17 heavy (non-hydrogen) atoms. The molecule has 0 radical (unpaired) electrons. The molecule has 0 spiro atoms. The van der Waals surface area contributed by atoms with E-state index in [1.165, 1.54) is 0 Å². The van der Waals surface area contributed by atoms with Gasteiger partial charge in [-0.15, -0.1) is 0 Å². The maximum absolute atomic E-state index is 5.51. The van der Waals surface area contributed by atoms with Gasteiger partial charge in [-0.25, -0.2) is 0 Å². The highest BCUT2D eigenvalue weighted by Gasteiger charge is 1.96. The minimum absolute atomic E-state index is 0.769. The Bertz CT molecular complexity index is 295. The first kappa shape index (κ1) is 15.7. The summed E-state index contributed by atoms with van der Waals surface area (Å²) < 4.78 is 5.51. The molecule has 0 fully saturated rings. The smallest absolute Gasteiger partial charge is 0.126 e. The molecule has 0 unspecified atom stereocenters. The minimum atomic E-state index is 0.769. The Hall–Kier alpha value is -1.28. The zero-order valence-electron chi connectivity index (χ0n) is 11.3. The van der Waals surface area contributed by atoms with Crippen LogP contribution in [0.15, 0.2) is 30.8 Å². The Labute approximate surface area is 106 Å². The number of nitrogens with one attached hydrogen (secondary N) is 1. The van der Waals surface area contributed by atoms with Crippen LogP contribution in [0.1, 0.15) is 32.8 Å². The monoisotopic (exact) mass is 235 g/mol. The summed E-state index contributed by atoms with van der Waals surface area (Å²) >= 11 is 0. The second-order valence-corrected chi connectivity index (χ2v) is 3.55. The molecular weight excluding hydrogens is 210 g/mol. The van der Waals surface area contributed by atoms with Crippen LogP contribution in [0.5, 0.6) is 5.75 Å². The van der Waals surface area contributed by atoms with E-state index in [4.69, 9.17) is 4.74 Å². The normalized spacial score (nSPS) is 9.12. The van der Waals surface area contributed by atoms with Crippen molar-refractivity contribution in [1.29, 1.82) is 0 Å². The summed E-state index contributed by atoms with van der Waals surface area (Å²) in [6.07, 6.45) is 2.84. The van der Waals surface area contributed by atoms with Crippen LogP contribution in [0.4, 0.5) is 0 Å². The van der Waals surface area contributed by atoms with Gasteiger partial charge in [0.05, 0.1) is 6.61 Å². The van der Waals surface area contributed by atoms with Gasteiger partial charge < -0.3 is 10.1 Å². The zero-order valence-corrected chi connectivity index (χ0v) is 11.3. The molecule has 0 amide bonds. The van der Waals surface area contributed by atoms with Gasteiger partial charge in [0.25, 0.3) is 0 Å². The highest BCUT2D eigenvalue weighted by atomic mass is 16.5. The summed E-state index contributed by atoms with van der Waals surface area (Å²) in [7, 11) is 0. The fourth-order valence-electron chi connectivity index (χ4n) is 1.24. The largest absolute Gasteiger partial charge is 0.493 e. The van der Waals surface area contributed by atoms with Crippen molar-refractivity contribution in [2.45, 2.75) is 27.2 Å². The van der Waals surface area contributed by atoms with Crippen molar-refractivity contribution in [2.75, 3.05) is 19.7 Å². The standard InChI is InChI=1S/C11H14O.C4H11N/c1-3-9-12-11-8-6-5-7-10(11)4-2;1-3-5-4-2/h4-8H,2-3,9H2,1H3;5H,3-4H2,1-2H3. The summed E-state index contributed by atoms with van der Waals surface area (Å²) in [4.78, 5) is 0. The maximum Gasteiger partial charge on any atom is 0.126 e. The number of hydrogen-bond donors (Lipinski definition) is 1. The van der Waals surface area contributed by atoms with Crippen molar-refractivity contribution in [3.05, 3.63) is 36.4 Å². The molecule has 1 N–H and O–H groups in total. The summed E-state index contributed by atoms with van der Waals surface area (Å²) in [6, 6.07) is 7.92. The average Bonchev–Trinajstić information content (AvgIpc) is 2.38. The molecule has 0 aliphatic carbocycles. The van der Waals surface area contributed by atoms with Gasteiger partial charge in [-0.2, -0.15) is 0 Å². The second-order valence-electron chi connectivity index (χ2n) is 3.55. The highest BCUT2D eigenvalue weighted by Crippen LogP contribution is 2.18. The lowest BCUT2D eigenvalue weighted by molar-refractivity contribution is 0.317. The van der Waals surface area contributed by atoms with Gasteiger partial charge in [-0.05, 0) is 25.6 Å². The maximum atomic E-state index is 5.51. The first-order valence-corrected chi connectivity index (χ1v) is 6.35. The van der Waals surface area contributed by atoms with Gasteiger partial charge >= 0.3 is 0 Å². The van der Waals surface area contributed by atoms with E-state index in [2.05, 4.69) is 32.7 Å². The molecule has 1 rings (SSSR count). The summed E-state index contributed by atoms with van der Waals surface area (Å²) in [5, 5.41) is 3.11. The highest BCUT2D eigenvalue weighted by molar-refractivity contribution is 5.55. The third-order valence-corrected chi connectivity index (χ3v) is 2.10. The Morgan fingerprint density at radius 2 is 1.82 bits per heavy atom. The van der Waals surface area contributed by atoms with E-state index >= 15 is 0 Å². The fraction of sp³-hybridized carbons (Fsp3) is 0.467. The van der Waals surface area contributed by atoms with Crippen LogP contribution in [-0.4, -0.2) is 19.7 Å². The van der Waals surface area contributed by atoms with Gasteiger partial charge in [-0.1, -0.05) is 51.6 Å². The number of rotatable bonds is 6. The Kier molecular flexibility index (Phi) is 10.4. The van der Waals surface area contributed by atoms with Crippen LogP contribution in [0.2, 0.25) is 0 Å². The summed E-state index contributed by atoms with van der Waals surface area (Å²) in [5.74, 6) is 0.925. The number of para-hydroxylation sites is 1. The average molecular weight is 235 g/mol. The van der Waals surface area contributed by atoms with E-state index in [9.17, 15) is 0 Å². The Morgan fingerprint density at radius 1 is 1.18 bits per heavy atom. The van der Waals surface area contributed by atoms with Crippen LogP contribution < -0.4 is 10.1 Å². The topological polar surface area (TPSA) is 21.3 Å². The lowest BCUT2D eigenvalue weighted by Gasteiger charge is -2.06. The lowest BCUT2D eigenvalue weighted by atomic mass is 10.2. The van der Waals surface area contributed by atoms with Gasteiger partial charge in [0.2, 0.25) is 0 Å². The number of ether oxygens (including phenoxy) is 1. The van der Waals surface area contributed by atoms with E-state index in [1.807, 2.05) is 30.3 Å². The zero-order chi connectivity index (χ0) is 12.9. The van der Waals surface area contributed by atoms with E-state index in [1.54, 1.807) is 0 Å². The molecule has 0 saturated heterocycles. The number of hydrogen-bond acceptors (Lipinski definition) is 2. The van der Waals surface area contributed by atoms with Crippen molar-refractivity contribution in [2.24, 2.45) is 0 Å². The predicted octanol–water partition coefficient (Wildman–Crippen LogP) is 3.73. The van der Waals surface area contributed by atoms with E-state index in [0.29, 0.717) is 0 Å². The van der Waals surface area contributed by atoms with Crippen LogP contribution in [-0.2, 0) is 0 Å². The molecule has 0 atom stereocenters. The molecule has 2 nitrogen and oxygen atoms in total. The molecule has 0 saturated carbocycles. The van der Waals surface area contributed by atoms with E-state index in [0.717, 1.165) is 37.4 Å². The summed E-state index contributed by atoms with van der Waals surface area (Å²) in [5.41, 5.74) is 1.06. The third-order valence-electron chi connectivity index (χ3n) is 2.10. The van der Waals surface area contributed by atoms with Crippen LogP contribution in [0, 0.1) is 0 Å². The SMILES string of the molecule is C=Cc1ccccc1OCCC.CCNCC. The van der Waals surface area contributed by atoms with Gasteiger partial charge in [0.1, 0.15) is 5.75 Å². The van der Waals surface area contributed by atoms with E-state index in [-0.39, 0.29) is 0 Å². The predicted molar refractivity (Wildman–Crippen MR) is 76.5 cm³/mol. The molecular formula is C15H25NO. The molecule has 0 aromatic heterocycles. The van der Waals surface area contributed by atoms with E-state index < -0.39 is 0 Å². The first-order chi connectivity index (χ1) is 8.29. The minimum Gasteiger partial charge on any atom is -0.493 e. The molecule has 0 bridgehead atoms. The van der Waals surface area contributed by atoms with Gasteiger partial charge in [0, 0.05) is 5.56 Å². The van der Waals surface area contributed by atoms with Gasteiger partial charge in [0.15, 0.2) is 0 Å². The molecule has 1 aromatic rings. The molecule has 0 aliphatic heterocycles. The molecule has 96 valence electrons. The molecule has 2 heteroatoms. The third kappa shape index (κ3) is 7.58. The van der Waals surface area contributed by atoms with Crippen molar-refractivity contribution in [1.82, 2.24) is 5.32 Å². The van der Waals surface area contributed by atoms with Crippen LogP contribution in [0.25, 0.3) is 6.08 Å². The fourth-order valence-corrected chi connectivity index (χ4v) is 1.24. The lowest BCUT2D eigenvalue weighted by Crippen LogP contribution is -2.09. The van der Waals surface area contributed by atoms with Gasteiger partial charge in [-0.3, -0.25) is 0 Å². The Morgan fingerprint density at radius 3 is 2.29 bits per heavy atom.